The summed E-state index contributed by atoms with van der Waals surface area (Å²) in [5, 5.41) is 2.64. The molecule has 0 spiro atoms. The van der Waals surface area contributed by atoms with Crippen LogP contribution in [0.15, 0.2) is 0 Å². The molecular weight excluding hydrogens is 244 g/mol. The van der Waals surface area contributed by atoms with Crippen LogP contribution in [-0.2, 0) is 14.3 Å². The maximum absolute atomic E-state index is 12.2. The second-order valence-corrected chi connectivity index (χ2v) is 5.54. The summed E-state index contributed by atoms with van der Waals surface area (Å²) in [7, 11) is 1.62. The van der Waals surface area contributed by atoms with E-state index in [1.54, 1.807) is 11.9 Å². The first-order chi connectivity index (χ1) is 9.11. The molecule has 2 aliphatic rings. The van der Waals surface area contributed by atoms with Crippen molar-refractivity contribution in [2.24, 2.45) is 0 Å². The number of nitrogens with zero attached hydrogens (tertiary/aromatic N) is 1. The molecule has 0 aliphatic carbocycles. The van der Waals surface area contributed by atoms with Crippen LogP contribution < -0.4 is 5.32 Å². The lowest BCUT2D eigenvalue weighted by Gasteiger charge is -2.24. The number of hydrogen-bond acceptors (Lipinski definition) is 3. The van der Waals surface area contributed by atoms with Gasteiger partial charge >= 0.3 is 0 Å². The number of amides is 2. The fourth-order valence-electron chi connectivity index (χ4n) is 3.03. The van der Waals surface area contributed by atoms with E-state index >= 15 is 0 Å². The summed E-state index contributed by atoms with van der Waals surface area (Å²) in [4.78, 5) is 25.6. The summed E-state index contributed by atoms with van der Waals surface area (Å²) in [6.45, 7) is 2.78. The summed E-state index contributed by atoms with van der Waals surface area (Å²) in [6, 6.07) is -0.263. The van der Waals surface area contributed by atoms with Crippen LogP contribution in [0.3, 0.4) is 0 Å². The van der Waals surface area contributed by atoms with Gasteiger partial charge in [-0.3, -0.25) is 9.59 Å². The van der Waals surface area contributed by atoms with Crippen LogP contribution in [0.2, 0.25) is 0 Å². The molecule has 0 aromatic carbocycles. The number of ether oxygens (including phenoxy) is 1. The second-order valence-electron chi connectivity index (χ2n) is 5.54. The molecule has 2 saturated heterocycles. The van der Waals surface area contributed by atoms with Crippen molar-refractivity contribution in [2.75, 3.05) is 13.6 Å². The maximum Gasteiger partial charge on any atom is 0.242 e. The zero-order valence-corrected chi connectivity index (χ0v) is 11.9. The van der Waals surface area contributed by atoms with Gasteiger partial charge in [0.05, 0.1) is 12.2 Å². The average molecular weight is 268 g/mol. The Bertz CT molecular complexity index is 346. The number of carbonyl (C=O) groups excluding carboxylic acids is 2. The quantitative estimate of drug-likeness (QED) is 0.829. The third kappa shape index (κ3) is 3.47. The van der Waals surface area contributed by atoms with Gasteiger partial charge in [-0.05, 0) is 39.0 Å². The highest BCUT2D eigenvalue weighted by Gasteiger charge is 2.33. The molecule has 0 radical (unpaired) electrons. The lowest BCUT2D eigenvalue weighted by molar-refractivity contribution is -0.138. The van der Waals surface area contributed by atoms with Gasteiger partial charge in [0.15, 0.2) is 0 Å². The molecule has 2 heterocycles. The van der Waals surface area contributed by atoms with Crippen molar-refractivity contribution in [2.45, 2.75) is 63.7 Å². The third-order valence-electron chi connectivity index (χ3n) is 4.12. The highest BCUT2D eigenvalue weighted by Crippen LogP contribution is 2.24. The molecule has 2 aliphatic heterocycles. The number of hydrogen-bond donors (Lipinski definition) is 1. The van der Waals surface area contributed by atoms with Crippen molar-refractivity contribution in [3.8, 4) is 0 Å². The van der Waals surface area contributed by atoms with Gasteiger partial charge in [0, 0.05) is 20.0 Å². The molecule has 3 unspecified atom stereocenters. The minimum Gasteiger partial charge on any atom is -0.375 e. The Morgan fingerprint density at radius 3 is 2.74 bits per heavy atom. The first kappa shape index (κ1) is 14.3. The fraction of sp³-hybridized carbons (Fsp3) is 0.857. The predicted molar refractivity (Wildman–Crippen MR) is 71.6 cm³/mol. The number of nitrogens with one attached hydrogen (secondary N) is 1. The van der Waals surface area contributed by atoms with E-state index in [-0.39, 0.29) is 24.0 Å². The van der Waals surface area contributed by atoms with E-state index in [0.29, 0.717) is 19.1 Å². The van der Waals surface area contributed by atoms with Gasteiger partial charge < -0.3 is 15.0 Å². The van der Waals surface area contributed by atoms with Gasteiger partial charge in [0.2, 0.25) is 11.8 Å². The number of likely N-dealkylation sites (N-methyl/N-ethyl adjacent to an activating group) is 1. The zero-order valence-electron chi connectivity index (χ0n) is 11.9. The molecule has 0 saturated carbocycles. The molecule has 108 valence electrons. The van der Waals surface area contributed by atoms with E-state index in [9.17, 15) is 9.59 Å². The van der Waals surface area contributed by atoms with Crippen LogP contribution in [0.5, 0.6) is 0 Å². The Morgan fingerprint density at radius 1 is 1.32 bits per heavy atom. The Balaban J connectivity index is 1.80. The van der Waals surface area contributed by atoms with Crippen LogP contribution in [-0.4, -0.2) is 48.6 Å². The van der Waals surface area contributed by atoms with E-state index < -0.39 is 0 Å². The minimum absolute atomic E-state index is 0.0448. The average Bonchev–Trinajstić information content (AvgIpc) is 3.03. The number of carbonyl (C=O) groups is 2. The topological polar surface area (TPSA) is 58.6 Å². The van der Waals surface area contributed by atoms with Crippen LogP contribution in [0.1, 0.15) is 45.4 Å². The molecule has 1 N–H and O–H groups in total. The Hall–Kier alpha value is -1.10. The van der Waals surface area contributed by atoms with Gasteiger partial charge in [0.25, 0.3) is 0 Å². The normalized spacial score (nSPS) is 30.6. The van der Waals surface area contributed by atoms with Crippen molar-refractivity contribution < 1.29 is 14.3 Å². The largest absolute Gasteiger partial charge is 0.375 e. The molecule has 5 nitrogen and oxygen atoms in total. The fourth-order valence-corrected chi connectivity index (χ4v) is 3.03. The molecule has 2 fully saturated rings. The summed E-state index contributed by atoms with van der Waals surface area (Å²) < 4.78 is 5.72. The number of likely N-dealkylation sites (tertiary alicyclic amines) is 1. The van der Waals surface area contributed by atoms with Gasteiger partial charge in [-0.15, -0.1) is 0 Å². The van der Waals surface area contributed by atoms with E-state index in [2.05, 4.69) is 12.2 Å². The first-order valence-corrected chi connectivity index (χ1v) is 7.28. The molecule has 5 heteroatoms. The minimum atomic E-state index is -0.263. The van der Waals surface area contributed by atoms with E-state index in [1.807, 2.05) is 0 Å². The summed E-state index contributed by atoms with van der Waals surface area (Å²) in [6.07, 6.45) is 5.65. The monoisotopic (exact) mass is 268 g/mol. The summed E-state index contributed by atoms with van der Waals surface area (Å²) in [5.41, 5.74) is 0. The van der Waals surface area contributed by atoms with Crippen LogP contribution >= 0.6 is 0 Å². The molecule has 2 amide bonds. The highest BCUT2D eigenvalue weighted by atomic mass is 16.5. The smallest absolute Gasteiger partial charge is 0.242 e. The lowest BCUT2D eigenvalue weighted by atomic mass is 10.1. The van der Waals surface area contributed by atoms with Crippen molar-refractivity contribution in [3.05, 3.63) is 0 Å². The lowest BCUT2D eigenvalue weighted by Crippen LogP contribution is -2.45. The standard InChI is InChI=1S/C14H24N2O3/c1-10-5-6-11(19-10)7-8-13(17)16-9-3-4-12(16)14(18)15-2/h10-12H,3-9H2,1-2H3,(H,15,18). The zero-order chi connectivity index (χ0) is 13.8. The Morgan fingerprint density at radius 2 is 2.11 bits per heavy atom. The Kier molecular flexibility index (Phi) is 4.80. The molecule has 0 aromatic rings. The number of rotatable bonds is 4. The highest BCUT2D eigenvalue weighted by molar-refractivity contribution is 5.88. The first-order valence-electron chi connectivity index (χ1n) is 7.28. The Labute approximate surface area is 114 Å². The van der Waals surface area contributed by atoms with Gasteiger partial charge in [0.1, 0.15) is 6.04 Å². The van der Waals surface area contributed by atoms with Crippen LogP contribution in [0, 0.1) is 0 Å². The molecular formula is C14H24N2O3. The van der Waals surface area contributed by atoms with Crippen molar-refractivity contribution in [3.63, 3.8) is 0 Å². The van der Waals surface area contributed by atoms with Crippen LogP contribution in [0.4, 0.5) is 0 Å². The molecule has 0 bridgehead atoms. The second kappa shape index (κ2) is 6.37. The molecule has 3 atom stereocenters. The van der Waals surface area contributed by atoms with Gasteiger partial charge in [-0.1, -0.05) is 0 Å². The van der Waals surface area contributed by atoms with Crippen molar-refractivity contribution >= 4 is 11.8 Å². The van der Waals surface area contributed by atoms with Gasteiger partial charge in [-0.2, -0.15) is 0 Å². The van der Waals surface area contributed by atoms with Gasteiger partial charge in [-0.25, -0.2) is 0 Å². The molecule has 0 aromatic heterocycles. The van der Waals surface area contributed by atoms with Crippen LogP contribution in [0.25, 0.3) is 0 Å². The van der Waals surface area contributed by atoms with Crippen molar-refractivity contribution in [1.29, 1.82) is 0 Å². The van der Waals surface area contributed by atoms with Crippen molar-refractivity contribution in [1.82, 2.24) is 10.2 Å². The molecule has 2 rings (SSSR count). The third-order valence-corrected chi connectivity index (χ3v) is 4.12. The van der Waals surface area contributed by atoms with E-state index in [1.165, 1.54) is 0 Å². The van der Waals surface area contributed by atoms with E-state index in [4.69, 9.17) is 4.74 Å². The van der Waals surface area contributed by atoms with E-state index in [0.717, 1.165) is 32.1 Å². The SMILES string of the molecule is CNC(=O)C1CCCN1C(=O)CCC1CCC(C)O1. The maximum atomic E-state index is 12.2. The summed E-state index contributed by atoms with van der Waals surface area (Å²) in [5.74, 6) is 0.0471. The predicted octanol–water partition coefficient (Wildman–Crippen LogP) is 1.07. The molecule has 19 heavy (non-hydrogen) atoms. The summed E-state index contributed by atoms with van der Waals surface area (Å²) >= 11 is 0.